The lowest BCUT2D eigenvalue weighted by molar-refractivity contribution is 0.0383. The number of carbonyl (C=O) groups excluding carboxylic acids is 2. The maximum atomic E-state index is 14.1. The van der Waals surface area contributed by atoms with Crippen LogP contribution in [0.3, 0.4) is 0 Å². The Morgan fingerprint density at radius 3 is 2.49 bits per heavy atom. The van der Waals surface area contributed by atoms with Crippen LogP contribution >= 0.6 is 0 Å². The molecule has 1 amide bonds. The van der Waals surface area contributed by atoms with Crippen molar-refractivity contribution >= 4 is 29.0 Å². The first-order valence-corrected chi connectivity index (χ1v) is 12.7. The highest BCUT2D eigenvalue weighted by Crippen LogP contribution is 2.53. The van der Waals surface area contributed by atoms with Crippen LogP contribution < -0.4 is 15.8 Å². The van der Waals surface area contributed by atoms with Crippen molar-refractivity contribution in [2.24, 2.45) is 0 Å². The SMILES string of the molecule is COc1ccc(CN2C(=O)c3c(C)cc(Nc4ncnc(N)c4C)c(C(C)=O)c3C23CCCCC3)cc1. The molecule has 37 heavy (non-hydrogen) atoms. The lowest BCUT2D eigenvalue weighted by Gasteiger charge is -2.43. The third-order valence-corrected chi connectivity index (χ3v) is 7.87. The van der Waals surface area contributed by atoms with Crippen molar-refractivity contribution in [1.29, 1.82) is 0 Å². The molecule has 1 spiro atoms. The molecule has 192 valence electrons. The number of nitrogens with zero attached hydrogens (tertiary/aromatic N) is 3. The first kappa shape index (κ1) is 24.7. The third-order valence-electron chi connectivity index (χ3n) is 7.87. The van der Waals surface area contributed by atoms with Crippen LogP contribution in [0.1, 0.15) is 82.0 Å². The first-order chi connectivity index (χ1) is 17.8. The number of carbonyl (C=O) groups is 2. The molecule has 1 fully saturated rings. The minimum atomic E-state index is -0.534. The van der Waals surface area contributed by atoms with Crippen molar-refractivity contribution in [3.63, 3.8) is 0 Å². The van der Waals surface area contributed by atoms with Crippen LogP contribution in [0.25, 0.3) is 0 Å². The molecular formula is C29H33N5O3. The van der Waals surface area contributed by atoms with Crippen LogP contribution in [0, 0.1) is 13.8 Å². The number of hydrogen-bond acceptors (Lipinski definition) is 7. The molecule has 0 radical (unpaired) electrons. The van der Waals surface area contributed by atoms with E-state index in [-0.39, 0.29) is 11.7 Å². The molecule has 2 heterocycles. The molecule has 1 aliphatic carbocycles. The Bertz CT molecular complexity index is 1380. The number of nitrogen functional groups attached to an aromatic ring is 1. The van der Waals surface area contributed by atoms with E-state index in [1.54, 1.807) is 14.0 Å². The van der Waals surface area contributed by atoms with Gasteiger partial charge in [-0.05, 0) is 62.9 Å². The van der Waals surface area contributed by atoms with E-state index in [2.05, 4.69) is 15.3 Å². The molecule has 2 aliphatic rings. The Balaban J connectivity index is 1.67. The van der Waals surface area contributed by atoms with Gasteiger partial charge in [0.2, 0.25) is 0 Å². The van der Waals surface area contributed by atoms with Gasteiger partial charge in [0, 0.05) is 28.8 Å². The summed E-state index contributed by atoms with van der Waals surface area (Å²) in [6.45, 7) is 5.83. The summed E-state index contributed by atoms with van der Waals surface area (Å²) in [5.41, 5.74) is 10.8. The molecule has 0 atom stereocenters. The second-order valence-corrected chi connectivity index (χ2v) is 10.1. The smallest absolute Gasteiger partial charge is 0.255 e. The summed E-state index contributed by atoms with van der Waals surface area (Å²) in [7, 11) is 1.64. The van der Waals surface area contributed by atoms with E-state index in [9.17, 15) is 9.59 Å². The number of anilines is 3. The molecule has 1 aliphatic heterocycles. The number of aromatic nitrogens is 2. The maximum absolute atomic E-state index is 14.1. The molecule has 8 heteroatoms. The van der Waals surface area contributed by atoms with Gasteiger partial charge in [0.05, 0.1) is 18.3 Å². The van der Waals surface area contributed by atoms with Gasteiger partial charge in [0.15, 0.2) is 5.78 Å². The minimum absolute atomic E-state index is 0.0123. The number of aryl methyl sites for hydroxylation is 1. The average molecular weight is 500 g/mol. The molecule has 3 N–H and O–H groups in total. The van der Waals surface area contributed by atoms with Crippen LogP contribution in [-0.2, 0) is 12.1 Å². The summed E-state index contributed by atoms with van der Waals surface area (Å²) >= 11 is 0. The summed E-state index contributed by atoms with van der Waals surface area (Å²) in [5, 5.41) is 3.35. The lowest BCUT2D eigenvalue weighted by Crippen LogP contribution is -2.45. The van der Waals surface area contributed by atoms with E-state index >= 15 is 0 Å². The summed E-state index contributed by atoms with van der Waals surface area (Å²) in [6, 6.07) is 9.72. The summed E-state index contributed by atoms with van der Waals surface area (Å²) in [4.78, 5) is 37.8. The van der Waals surface area contributed by atoms with Crippen LogP contribution in [0.15, 0.2) is 36.7 Å². The number of benzene rings is 2. The van der Waals surface area contributed by atoms with E-state index in [1.165, 1.54) is 6.33 Å². The largest absolute Gasteiger partial charge is 0.497 e. The van der Waals surface area contributed by atoms with Crippen LogP contribution in [0.5, 0.6) is 5.75 Å². The van der Waals surface area contributed by atoms with Crippen molar-refractivity contribution < 1.29 is 14.3 Å². The molecule has 0 unspecified atom stereocenters. The van der Waals surface area contributed by atoms with E-state index in [0.717, 1.165) is 54.5 Å². The van der Waals surface area contributed by atoms with Gasteiger partial charge in [-0.25, -0.2) is 9.97 Å². The molecule has 3 aromatic rings. The number of hydrogen-bond donors (Lipinski definition) is 2. The zero-order valence-corrected chi connectivity index (χ0v) is 21.9. The highest BCUT2D eigenvalue weighted by Gasteiger charge is 2.52. The number of nitrogens with two attached hydrogens (primary N) is 1. The Hall–Kier alpha value is -3.94. The molecule has 5 rings (SSSR count). The second kappa shape index (κ2) is 9.50. The molecule has 1 aromatic heterocycles. The van der Waals surface area contributed by atoms with Crippen molar-refractivity contribution in [1.82, 2.24) is 14.9 Å². The van der Waals surface area contributed by atoms with Crippen molar-refractivity contribution in [2.45, 2.75) is 65.0 Å². The monoisotopic (exact) mass is 499 g/mol. The lowest BCUT2D eigenvalue weighted by atomic mass is 9.73. The standard InChI is InChI=1S/C29H33N5O3/c1-17-14-22(33-27-18(2)26(30)31-16-32-27)24(19(3)35)25-23(17)28(36)34(29(25)12-6-5-7-13-29)15-20-8-10-21(37-4)11-9-20/h8-11,14,16H,5-7,12-13,15H2,1-4H3,(H3,30,31,32,33). The van der Waals surface area contributed by atoms with Gasteiger partial charge in [0.25, 0.3) is 5.91 Å². The number of rotatable bonds is 6. The summed E-state index contributed by atoms with van der Waals surface area (Å²) in [6.07, 6.45) is 6.17. The number of Topliss-reactive ketones (excluding diaryl/α,β-unsaturated/α-hetero) is 1. The second-order valence-electron chi connectivity index (χ2n) is 10.1. The fourth-order valence-electron chi connectivity index (χ4n) is 6.00. The highest BCUT2D eigenvalue weighted by atomic mass is 16.5. The Morgan fingerprint density at radius 2 is 1.84 bits per heavy atom. The Labute approximate surface area is 217 Å². The topological polar surface area (TPSA) is 110 Å². The van der Waals surface area contributed by atoms with E-state index in [1.807, 2.05) is 49.1 Å². The Kier molecular flexibility index (Phi) is 6.35. The van der Waals surface area contributed by atoms with Gasteiger partial charge in [-0.3, -0.25) is 9.59 Å². The molecule has 1 saturated carbocycles. The average Bonchev–Trinajstić information content (AvgIpc) is 3.10. The molecule has 0 saturated heterocycles. The highest BCUT2D eigenvalue weighted by molar-refractivity contribution is 6.10. The minimum Gasteiger partial charge on any atom is -0.497 e. The van der Waals surface area contributed by atoms with Crippen molar-refractivity contribution in [3.05, 3.63) is 70.0 Å². The van der Waals surface area contributed by atoms with Gasteiger partial charge < -0.3 is 20.7 Å². The van der Waals surface area contributed by atoms with Crippen LogP contribution in [0.2, 0.25) is 0 Å². The molecule has 8 nitrogen and oxygen atoms in total. The van der Waals surface area contributed by atoms with Gasteiger partial charge in [-0.1, -0.05) is 31.4 Å². The maximum Gasteiger partial charge on any atom is 0.255 e. The predicted molar refractivity (Wildman–Crippen MR) is 143 cm³/mol. The summed E-state index contributed by atoms with van der Waals surface area (Å²) in [5.74, 6) is 1.61. The number of nitrogens with one attached hydrogen (secondary N) is 1. The third kappa shape index (κ3) is 4.10. The van der Waals surface area contributed by atoms with Crippen LogP contribution in [0.4, 0.5) is 17.3 Å². The number of ether oxygens (including phenoxy) is 1. The van der Waals surface area contributed by atoms with E-state index in [4.69, 9.17) is 10.5 Å². The van der Waals surface area contributed by atoms with Gasteiger partial charge in [0.1, 0.15) is 23.7 Å². The Morgan fingerprint density at radius 1 is 1.14 bits per heavy atom. The predicted octanol–water partition coefficient (Wildman–Crippen LogP) is 5.45. The first-order valence-electron chi connectivity index (χ1n) is 12.7. The zero-order chi connectivity index (χ0) is 26.3. The van der Waals surface area contributed by atoms with Crippen molar-refractivity contribution in [3.8, 4) is 5.75 Å². The zero-order valence-electron chi connectivity index (χ0n) is 21.9. The van der Waals surface area contributed by atoms with E-state index in [0.29, 0.717) is 40.6 Å². The molecule has 2 aromatic carbocycles. The van der Waals surface area contributed by atoms with Gasteiger partial charge >= 0.3 is 0 Å². The van der Waals surface area contributed by atoms with Crippen molar-refractivity contribution in [2.75, 3.05) is 18.2 Å². The number of methoxy groups -OCH3 is 1. The van der Waals surface area contributed by atoms with Crippen LogP contribution in [-0.4, -0.2) is 33.7 Å². The quantitative estimate of drug-likeness (QED) is 0.434. The molecule has 0 bridgehead atoms. The fourth-order valence-corrected chi connectivity index (χ4v) is 6.00. The normalized spacial score (nSPS) is 16.1. The number of amides is 1. The number of ketones is 1. The fraction of sp³-hybridized carbons (Fsp3) is 0.379. The van der Waals surface area contributed by atoms with Gasteiger partial charge in [-0.2, -0.15) is 0 Å². The van der Waals surface area contributed by atoms with E-state index < -0.39 is 5.54 Å². The van der Waals surface area contributed by atoms with Gasteiger partial charge in [-0.15, -0.1) is 0 Å². The number of fused-ring (bicyclic) bond motifs is 2. The summed E-state index contributed by atoms with van der Waals surface area (Å²) < 4.78 is 5.31. The molecular weight excluding hydrogens is 466 g/mol.